The zero-order valence-electron chi connectivity index (χ0n) is 5.60. The molecule has 0 aromatic rings. The van der Waals surface area contributed by atoms with Crippen LogP contribution in [-0.4, -0.2) is 30.0 Å². The molecule has 1 saturated heterocycles. The molecule has 0 radical (unpaired) electrons. The van der Waals surface area contributed by atoms with E-state index in [-0.39, 0.29) is 30.8 Å². The zero-order valence-corrected chi connectivity index (χ0v) is 5.60. The van der Waals surface area contributed by atoms with Crippen molar-refractivity contribution in [1.82, 2.24) is 0 Å². The van der Waals surface area contributed by atoms with E-state index in [4.69, 9.17) is 15.6 Å². The average Bonchev–Trinajstić information content (AvgIpc) is 2.46. The lowest BCUT2D eigenvalue weighted by Gasteiger charge is -2.18. The normalized spacial score (nSPS) is 50.6. The minimum atomic E-state index is -0.000000000000000222. The van der Waals surface area contributed by atoms with E-state index in [0.29, 0.717) is 0 Å². The Labute approximate surface area is 59.5 Å². The van der Waals surface area contributed by atoms with Crippen molar-refractivity contribution < 1.29 is 9.84 Å². The summed E-state index contributed by atoms with van der Waals surface area (Å²) in [6, 6.07) is -0.000000000000000222. The molecule has 2 aliphatic rings. The largest absolute Gasteiger partial charge is 0.396 e. The minimum absolute atomic E-state index is 0.000000000000000222. The first-order valence-corrected chi connectivity index (χ1v) is 3.53. The highest BCUT2D eigenvalue weighted by molar-refractivity contribution is 5.16. The summed E-state index contributed by atoms with van der Waals surface area (Å²) in [5.41, 5.74) is 5.74. The summed E-state index contributed by atoms with van der Waals surface area (Å²) in [6.45, 7) is 0.132. The molecule has 0 spiro atoms. The van der Waals surface area contributed by atoms with E-state index >= 15 is 0 Å². The molecule has 0 aromatic carbocycles. The summed E-state index contributed by atoms with van der Waals surface area (Å²) < 4.78 is 5.39. The van der Waals surface area contributed by atoms with Crippen molar-refractivity contribution in [3.63, 3.8) is 0 Å². The van der Waals surface area contributed by atoms with E-state index < -0.39 is 0 Å². The highest BCUT2D eigenvalue weighted by Gasteiger charge is 2.43. The van der Waals surface area contributed by atoms with Crippen molar-refractivity contribution in [2.45, 2.75) is 18.2 Å². The maximum Gasteiger partial charge on any atom is 0.0920 e. The molecule has 3 nitrogen and oxygen atoms in total. The van der Waals surface area contributed by atoms with E-state index in [9.17, 15) is 0 Å². The second kappa shape index (κ2) is 2.05. The Morgan fingerprint density at radius 3 is 2.50 bits per heavy atom. The Balaban J connectivity index is 2.18. The first-order valence-electron chi connectivity index (χ1n) is 3.53. The fraction of sp³-hybridized carbons (Fsp3) is 0.714. The van der Waals surface area contributed by atoms with Crippen LogP contribution in [0.25, 0.3) is 0 Å². The highest BCUT2D eigenvalue weighted by Crippen LogP contribution is 2.32. The molecule has 0 aliphatic carbocycles. The quantitative estimate of drug-likeness (QED) is 0.473. The molecule has 0 saturated carbocycles. The molecule has 2 rings (SSSR count). The molecule has 10 heavy (non-hydrogen) atoms. The van der Waals surface area contributed by atoms with Crippen LogP contribution in [0.1, 0.15) is 0 Å². The molecule has 0 unspecified atom stereocenters. The van der Waals surface area contributed by atoms with Gasteiger partial charge in [-0.1, -0.05) is 12.2 Å². The van der Waals surface area contributed by atoms with E-state index in [0.717, 1.165) is 0 Å². The van der Waals surface area contributed by atoms with Crippen molar-refractivity contribution in [3.05, 3.63) is 12.2 Å². The van der Waals surface area contributed by atoms with Crippen LogP contribution in [0.4, 0.5) is 0 Å². The van der Waals surface area contributed by atoms with Crippen LogP contribution < -0.4 is 5.73 Å². The van der Waals surface area contributed by atoms with Crippen LogP contribution in [0.2, 0.25) is 0 Å². The number of fused-ring (bicyclic) bond motifs is 2. The molecule has 2 aliphatic heterocycles. The molecule has 3 N–H and O–H groups in total. The Hall–Kier alpha value is -0.380. The molecule has 2 bridgehead atoms. The van der Waals surface area contributed by atoms with Crippen molar-refractivity contribution in [2.75, 3.05) is 6.61 Å². The lowest BCUT2D eigenvalue weighted by molar-refractivity contribution is 0.0946. The highest BCUT2D eigenvalue weighted by atomic mass is 16.5. The van der Waals surface area contributed by atoms with Gasteiger partial charge >= 0.3 is 0 Å². The third kappa shape index (κ3) is 0.653. The minimum Gasteiger partial charge on any atom is -0.396 e. The molecular weight excluding hydrogens is 130 g/mol. The number of aliphatic hydroxyl groups excluding tert-OH is 1. The topological polar surface area (TPSA) is 55.5 Å². The van der Waals surface area contributed by atoms with Crippen molar-refractivity contribution in [3.8, 4) is 0 Å². The van der Waals surface area contributed by atoms with Crippen LogP contribution in [0.3, 0.4) is 0 Å². The van der Waals surface area contributed by atoms with Crippen LogP contribution in [0.15, 0.2) is 12.2 Å². The fourth-order valence-corrected chi connectivity index (χ4v) is 1.64. The monoisotopic (exact) mass is 141 g/mol. The molecule has 4 atom stereocenters. The second-order valence-electron chi connectivity index (χ2n) is 2.87. The molecule has 0 amide bonds. The number of hydrogen-bond acceptors (Lipinski definition) is 3. The number of nitrogens with two attached hydrogens (primary N) is 1. The first-order chi connectivity index (χ1) is 4.83. The zero-order chi connectivity index (χ0) is 7.14. The number of rotatable bonds is 1. The summed E-state index contributed by atoms with van der Waals surface area (Å²) in [7, 11) is 0. The van der Waals surface area contributed by atoms with E-state index in [1.54, 1.807) is 0 Å². The van der Waals surface area contributed by atoms with Gasteiger partial charge in [0.1, 0.15) is 0 Å². The maximum atomic E-state index is 8.86. The van der Waals surface area contributed by atoms with Gasteiger partial charge in [0, 0.05) is 12.0 Å². The Morgan fingerprint density at radius 2 is 2.10 bits per heavy atom. The van der Waals surface area contributed by atoms with E-state index in [1.807, 2.05) is 12.2 Å². The van der Waals surface area contributed by atoms with Gasteiger partial charge in [0.25, 0.3) is 0 Å². The van der Waals surface area contributed by atoms with Gasteiger partial charge in [-0.15, -0.1) is 0 Å². The maximum absolute atomic E-state index is 8.86. The molecule has 2 heterocycles. The summed E-state index contributed by atoms with van der Waals surface area (Å²) >= 11 is 0. The summed E-state index contributed by atoms with van der Waals surface area (Å²) in [4.78, 5) is 0. The third-order valence-corrected chi connectivity index (χ3v) is 2.31. The lowest BCUT2D eigenvalue weighted by atomic mass is 9.91. The number of hydrogen-bond donors (Lipinski definition) is 2. The first kappa shape index (κ1) is 6.34. The predicted molar refractivity (Wildman–Crippen MR) is 36.4 cm³/mol. The van der Waals surface area contributed by atoms with Gasteiger partial charge in [0.2, 0.25) is 0 Å². The Bertz CT molecular complexity index is 169. The van der Waals surface area contributed by atoms with Crippen LogP contribution in [0.5, 0.6) is 0 Å². The van der Waals surface area contributed by atoms with Crippen LogP contribution >= 0.6 is 0 Å². The SMILES string of the molecule is N[C@@H]1[C@H](CO)[C@H]2C=C[C@@H]1O2. The van der Waals surface area contributed by atoms with Crippen LogP contribution in [-0.2, 0) is 4.74 Å². The smallest absolute Gasteiger partial charge is 0.0920 e. The Morgan fingerprint density at radius 1 is 1.40 bits per heavy atom. The molecule has 0 aromatic heterocycles. The average molecular weight is 141 g/mol. The summed E-state index contributed by atoms with van der Waals surface area (Å²) in [5.74, 6) is 0.120. The number of ether oxygens (including phenoxy) is 1. The van der Waals surface area contributed by atoms with Gasteiger partial charge in [-0.2, -0.15) is 0 Å². The van der Waals surface area contributed by atoms with Gasteiger partial charge in [0.05, 0.1) is 18.8 Å². The van der Waals surface area contributed by atoms with Crippen molar-refractivity contribution >= 4 is 0 Å². The van der Waals surface area contributed by atoms with Crippen molar-refractivity contribution in [1.29, 1.82) is 0 Å². The summed E-state index contributed by atoms with van der Waals surface area (Å²) in [6.07, 6.45) is 4.09. The van der Waals surface area contributed by atoms with Gasteiger partial charge in [-0.05, 0) is 0 Å². The van der Waals surface area contributed by atoms with Gasteiger partial charge < -0.3 is 15.6 Å². The molecule has 56 valence electrons. The Kier molecular flexibility index (Phi) is 1.30. The second-order valence-corrected chi connectivity index (χ2v) is 2.87. The summed E-state index contributed by atoms with van der Waals surface area (Å²) in [5, 5.41) is 8.86. The fourth-order valence-electron chi connectivity index (χ4n) is 1.64. The van der Waals surface area contributed by atoms with Crippen LogP contribution in [0, 0.1) is 5.92 Å². The van der Waals surface area contributed by atoms with E-state index in [2.05, 4.69) is 0 Å². The van der Waals surface area contributed by atoms with Gasteiger partial charge in [-0.3, -0.25) is 0 Å². The van der Waals surface area contributed by atoms with Gasteiger partial charge in [0.15, 0.2) is 0 Å². The predicted octanol–water partition coefficient (Wildman–Crippen LogP) is -0.741. The van der Waals surface area contributed by atoms with Crippen molar-refractivity contribution in [2.24, 2.45) is 11.7 Å². The lowest BCUT2D eigenvalue weighted by Crippen LogP contribution is -2.39. The third-order valence-electron chi connectivity index (χ3n) is 2.31. The molecule has 1 fully saturated rings. The van der Waals surface area contributed by atoms with Gasteiger partial charge in [-0.25, -0.2) is 0 Å². The standard InChI is InChI=1S/C7H11NO2/c8-7-4(3-9)5-1-2-6(7)10-5/h1-2,4-7,9H,3,8H2/t4-,5-,6+,7-/m1/s1. The van der Waals surface area contributed by atoms with E-state index in [1.165, 1.54) is 0 Å². The number of aliphatic hydroxyl groups is 1. The molecule has 3 heteroatoms. The molecular formula is C7H11NO2.